The van der Waals surface area contributed by atoms with Crippen molar-refractivity contribution >= 4 is 16.7 Å². The summed E-state index contributed by atoms with van der Waals surface area (Å²) in [5, 5.41) is 1.06. The van der Waals surface area contributed by atoms with Gasteiger partial charge in [-0.2, -0.15) is 0 Å². The zero-order chi connectivity index (χ0) is 18.1. The summed E-state index contributed by atoms with van der Waals surface area (Å²) < 4.78 is 12.1. The number of piperidine rings is 1. The Kier molecular flexibility index (Phi) is 4.70. The Labute approximate surface area is 146 Å². The molecule has 1 fully saturated rings. The van der Waals surface area contributed by atoms with Gasteiger partial charge >= 0.3 is 0 Å². The Morgan fingerprint density at radius 2 is 1.80 bits per heavy atom. The third kappa shape index (κ3) is 3.08. The number of aryl methyl sites for hydroxylation is 1. The number of hydrogen-bond acceptors (Lipinski definition) is 4. The van der Waals surface area contributed by atoms with Gasteiger partial charge in [0.15, 0.2) is 11.5 Å². The lowest BCUT2D eigenvalue weighted by atomic mass is 9.98. The molecule has 1 amide bonds. The minimum Gasteiger partial charge on any atom is -0.493 e. The van der Waals surface area contributed by atoms with Crippen molar-refractivity contribution in [2.45, 2.75) is 19.8 Å². The van der Waals surface area contributed by atoms with E-state index < -0.39 is 0 Å². The van der Waals surface area contributed by atoms with Gasteiger partial charge in [0.25, 0.3) is 11.5 Å². The molecule has 2 aromatic rings. The highest BCUT2D eigenvalue weighted by molar-refractivity contribution is 6.07. The second kappa shape index (κ2) is 6.78. The van der Waals surface area contributed by atoms with Crippen LogP contribution in [0.2, 0.25) is 0 Å². The Morgan fingerprint density at radius 1 is 1.16 bits per heavy atom. The largest absolute Gasteiger partial charge is 0.493 e. The predicted molar refractivity (Wildman–Crippen MR) is 96.6 cm³/mol. The summed E-state index contributed by atoms with van der Waals surface area (Å²) in [5.74, 6) is 1.43. The van der Waals surface area contributed by atoms with Crippen LogP contribution >= 0.6 is 0 Å². The number of benzene rings is 1. The van der Waals surface area contributed by atoms with Crippen LogP contribution in [-0.2, 0) is 7.05 Å². The molecule has 0 unspecified atom stereocenters. The first kappa shape index (κ1) is 17.3. The van der Waals surface area contributed by atoms with E-state index in [1.54, 1.807) is 32.5 Å². The maximum atomic E-state index is 13.1. The van der Waals surface area contributed by atoms with Gasteiger partial charge in [-0.25, -0.2) is 0 Å². The molecule has 1 aliphatic heterocycles. The molecule has 1 aromatic carbocycles. The number of aromatic nitrogens is 1. The highest BCUT2D eigenvalue weighted by atomic mass is 16.5. The molecule has 6 nitrogen and oxygen atoms in total. The van der Waals surface area contributed by atoms with Gasteiger partial charge < -0.3 is 18.9 Å². The van der Waals surface area contributed by atoms with E-state index in [1.807, 2.05) is 4.90 Å². The average molecular weight is 344 g/mol. The molecule has 0 bridgehead atoms. The lowest BCUT2D eigenvalue weighted by Crippen LogP contribution is -2.39. The highest BCUT2D eigenvalue weighted by Crippen LogP contribution is 2.33. The van der Waals surface area contributed by atoms with Crippen molar-refractivity contribution in [3.63, 3.8) is 0 Å². The van der Waals surface area contributed by atoms with Crippen LogP contribution in [0.1, 0.15) is 30.1 Å². The van der Waals surface area contributed by atoms with Crippen molar-refractivity contribution in [3.05, 3.63) is 34.2 Å². The van der Waals surface area contributed by atoms with Crippen LogP contribution in [0.3, 0.4) is 0 Å². The van der Waals surface area contributed by atoms with Crippen molar-refractivity contribution in [1.82, 2.24) is 9.47 Å². The molecule has 0 radical (unpaired) electrons. The Bertz CT molecular complexity index is 872. The number of ether oxygens (including phenoxy) is 2. The maximum absolute atomic E-state index is 13.1. The number of amides is 1. The Morgan fingerprint density at radius 3 is 2.40 bits per heavy atom. The molecule has 25 heavy (non-hydrogen) atoms. The molecule has 0 aliphatic carbocycles. The van der Waals surface area contributed by atoms with Crippen LogP contribution in [0.5, 0.6) is 11.5 Å². The van der Waals surface area contributed by atoms with Crippen molar-refractivity contribution in [2.24, 2.45) is 13.0 Å². The van der Waals surface area contributed by atoms with Crippen LogP contribution in [0.15, 0.2) is 23.1 Å². The first-order valence-electron chi connectivity index (χ1n) is 8.51. The van der Waals surface area contributed by atoms with E-state index in [-0.39, 0.29) is 11.5 Å². The Hall–Kier alpha value is -2.50. The molecule has 134 valence electrons. The fourth-order valence-electron chi connectivity index (χ4n) is 3.51. The van der Waals surface area contributed by atoms with Crippen LogP contribution in [-0.4, -0.2) is 42.7 Å². The van der Waals surface area contributed by atoms with Crippen LogP contribution in [0.4, 0.5) is 0 Å². The summed E-state index contributed by atoms with van der Waals surface area (Å²) in [7, 11) is 4.73. The van der Waals surface area contributed by atoms with Gasteiger partial charge in [0.1, 0.15) is 0 Å². The van der Waals surface area contributed by atoms with Gasteiger partial charge in [0.05, 0.1) is 25.2 Å². The van der Waals surface area contributed by atoms with Crippen molar-refractivity contribution in [3.8, 4) is 11.5 Å². The van der Waals surface area contributed by atoms with Crippen LogP contribution in [0, 0.1) is 5.92 Å². The summed E-state index contributed by atoms with van der Waals surface area (Å²) >= 11 is 0. The monoisotopic (exact) mass is 344 g/mol. The molecule has 1 atom stereocenters. The molecular formula is C19H24N2O4. The van der Waals surface area contributed by atoms with Crippen molar-refractivity contribution < 1.29 is 14.3 Å². The van der Waals surface area contributed by atoms with E-state index in [1.165, 1.54) is 11.7 Å². The van der Waals surface area contributed by atoms with Gasteiger partial charge in [-0.05, 0) is 30.9 Å². The standard InChI is InChI=1S/C19H24N2O4/c1-12-6-5-7-21(10-12)19(23)15-11-20(2)18(22)14-9-17(25-4)16(24-3)8-13(14)15/h8-9,11-12H,5-7,10H2,1-4H3/t12-/m1/s1. The van der Waals surface area contributed by atoms with Crippen molar-refractivity contribution in [2.75, 3.05) is 27.3 Å². The first-order chi connectivity index (χ1) is 12.0. The molecule has 0 saturated carbocycles. The molecule has 0 N–H and O–H groups in total. The maximum Gasteiger partial charge on any atom is 0.258 e. The second-order valence-corrected chi connectivity index (χ2v) is 6.71. The summed E-state index contributed by atoms with van der Waals surface area (Å²) in [6, 6.07) is 3.36. The van der Waals surface area contributed by atoms with Gasteiger partial charge in [0, 0.05) is 31.7 Å². The van der Waals surface area contributed by atoms with E-state index >= 15 is 0 Å². The summed E-state index contributed by atoms with van der Waals surface area (Å²) in [6.07, 6.45) is 3.77. The van der Waals surface area contributed by atoms with Crippen LogP contribution < -0.4 is 15.0 Å². The minimum atomic E-state index is -0.167. The van der Waals surface area contributed by atoms with Gasteiger partial charge in [-0.15, -0.1) is 0 Å². The van der Waals surface area contributed by atoms with E-state index in [4.69, 9.17) is 9.47 Å². The van der Waals surface area contributed by atoms with E-state index in [0.717, 1.165) is 25.9 Å². The van der Waals surface area contributed by atoms with E-state index in [2.05, 4.69) is 6.92 Å². The lowest BCUT2D eigenvalue weighted by Gasteiger charge is -2.31. The second-order valence-electron chi connectivity index (χ2n) is 6.71. The highest BCUT2D eigenvalue weighted by Gasteiger charge is 2.25. The fourth-order valence-corrected chi connectivity index (χ4v) is 3.51. The normalized spacial score (nSPS) is 17.6. The molecule has 1 aromatic heterocycles. The number of rotatable bonds is 3. The van der Waals surface area contributed by atoms with Crippen molar-refractivity contribution in [1.29, 1.82) is 0 Å². The molecule has 3 rings (SSSR count). The summed E-state index contributed by atoms with van der Waals surface area (Å²) in [4.78, 5) is 27.5. The molecule has 6 heteroatoms. The third-order valence-corrected chi connectivity index (χ3v) is 4.86. The van der Waals surface area contributed by atoms with E-state index in [9.17, 15) is 9.59 Å². The molecule has 1 aliphatic rings. The topological polar surface area (TPSA) is 60.8 Å². The SMILES string of the molecule is COc1cc2c(C(=O)N3CCC[C@@H](C)C3)cn(C)c(=O)c2cc1OC. The number of nitrogens with zero attached hydrogens (tertiary/aromatic N) is 2. The zero-order valence-corrected chi connectivity index (χ0v) is 15.2. The first-order valence-corrected chi connectivity index (χ1v) is 8.51. The van der Waals surface area contributed by atoms with Gasteiger partial charge in [-0.1, -0.05) is 6.92 Å². The number of hydrogen-bond donors (Lipinski definition) is 0. The minimum absolute atomic E-state index is 0.0423. The number of pyridine rings is 1. The number of carbonyl (C=O) groups excluding carboxylic acids is 1. The third-order valence-electron chi connectivity index (χ3n) is 4.86. The van der Waals surface area contributed by atoms with Crippen LogP contribution in [0.25, 0.3) is 10.8 Å². The number of methoxy groups -OCH3 is 2. The summed E-state index contributed by atoms with van der Waals surface area (Å²) in [5.41, 5.74) is 0.353. The zero-order valence-electron chi connectivity index (χ0n) is 15.2. The number of likely N-dealkylation sites (tertiary alicyclic amines) is 1. The quantitative estimate of drug-likeness (QED) is 0.858. The molecule has 2 heterocycles. The molecular weight excluding hydrogens is 320 g/mol. The number of carbonyl (C=O) groups is 1. The smallest absolute Gasteiger partial charge is 0.258 e. The molecule has 0 spiro atoms. The van der Waals surface area contributed by atoms with Gasteiger partial charge in [-0.3, -0.25) is 9.59 Å². The average Bonchev–Trinajstić information content (AvgIpc) is 2.63. The Balaban J connectivity index is 2.18. The summed E-state index contributed by atoms with van der Waals surface area (Å²) in [6.45, 7) is 3.66. The van der Waals surface area contributed by atoms with E-state index in [0.29, 0.717) is 33.8 Å². The fraction of sp³-hybridized carbons (Fsp3) is 0.474. The molecule has 1 saturated heterocycles. The van der Waals surface area contributed by atoms with Gasteiger partial charge in [0.2, 0.25) is 0 Å². The predicted octanol–water partition coefficient (Wildman–Crippen LogP) is 2.43. The number of fused-ring (bicyclic) bond motifs is 1. The lowest BCUT2D eigenvalue weighted by molar-refractivity contribution is 0.0684.